The van der Waals surface area contributed by atoms with Gasteiger partial charge in [-0.05, 0) is 19.4 Å². The van der Waals surface area contributed by atoms with Gasteiger partial charge in [0.2, 0.25) is 0 Å². The normalized spacial score (nSPS) is 13.5. The highest BCUT2D eigenvalue weighted by molar-refractivity contribution is 5.97. The first-order chi connectivity index (χ1) is 9.08. The lowest BCUT2D eigenvalue weighted by Gasteiger charge is -2.14. The molecule has 0 aliphatic carbocycles. The van der Waals surface area contributed by atoms with Crippen molar-refractivity contribution in [3.05, 3.63) is 35.1 Å². The fraction of sp³-hybridized carbons (Fsp3) is 0.500. The fourth-order valence-electron chi connectivity index (χ4n) is 1.80. The van der Waals surface area contributed by atoms with Crippen LogP contribution in [0.1, 0.15) is 44.2 Å². The SMILES string of the molecule is CCCCC(C)NCc1ccc(C(N)=NO)cc1F. The van der Waals surface area contributed by atoms with Crippen molar-refractivity contribution >= 4 is 5.84 Å². The lowest BCUT2D eigenvalue weighted by atomic mass is 10.1. The smallest absolute Gasteiger partial charge is 0.170 e. The largest absolute Gasteiger partial charge is 0.409 e. The van der Waals surface area contributed by atoms with Gasteiger partial charge in [-0.15, -0.1) is 0 Å². The Bertz CT molecular complexity index is 435. The lowest BCUT2D eigenvalue weighted by molar-refractivity contribution is 0.318. The summed E-state index contributed by atoms with van der Waals surface area (Å²) in [6.45, 7) is 4.73. The number of unbranched alkanes of at least 4 members (excludes halogenated alkanes) is 1. The van der Waals surface area contributed by atoms with Crippen molar-refractivity contribution in [1.82, 2.24) is 5.32 Å². The number of halogens is 1. The third-order valence-corrected chi connectivity index (χ3v) is 3.09. The van der Waals surface area contributed by atoms with Crippen LogP contribution in [0.15, 0.2) is 23.4 Å². The minimum atomic E-state index is -0.348. The number of benzene rings is 1. The van der Waals surface area contributed by atoms with Crippen LogP contribution in [0, 0.1) is 5.82 Å². The molecule has 0 aliphatic rings. The Kier molecular flexibility index (Phi) is 6.29. The zero-order chi connectivity index (χ0) is 14.3. The van der Waals surface area contributed by atoms with Gasteiger partial charge in [0.05, 0.1) is 0 Å². The molecule has 19 heavy (non-hydrogen) atoms. The van der Waals surface area contributed by atoms with Gasteiger partial charge in [-0.1, -0.05) is 37.1 Å². The van der Waals surface area contributed by atoms with E-state index in [-0.39, 0.29) is 11.7 Å². The van der Waals surface area contributed by atoms with Gasteiger partial charge in [-0.2, -0.15) is 0 Å². The fourth-order valence-corrected chi connectivity index (χ4v) is 1.80. The molecule has 1 atom stereocenters. The predicted molar refractivity (Wildman–Crippen MR) is 74.7 cm³/mol. The van der Waals surface area contributed by atoms with E-state index in [9.17, 15) is 4.39 Å². The summed E-state index contributed by atoms with van der Waals surface area (Å²) in [5.74, 6) is -0.436. The Morgan fingerprint density at radius 3 is 2.84 bits per heavy atom. The molecule has 106 valence electrons. The number of rotatable bonds is 7. The Hall–Kier alpha value is -1.62. The van der Waals surface area contributed by atoms with Crippen LogP contribution in [0.2, 0.25) is 0 Å². The maximum Gasteiger partial charge on any atom is 0.170 e. The maximum atomic E-state index is 13.8. The summed E-state index contributed by atoms with van der Waals surface area (Å²) in [6.07, 6.45) is 3.41. The first-order valence-electron chi connectivity index (χ1n) is 6.58. The molecule has 0 bridgehead atoms. The van der Waals surface area contributed by atoms with E-state index in [1.807, 2.05) is 0 Å². The van der Waals surface area contributed by atoms with Gasteiger partial charge < -0.3 is 16.3 Å². The van der Waals surface area contributed by atoms with Crippen LogP contribution in [-0.2, 0) is 6.54 Å². The average Bonchev–Trinajstić information content (AvgIpc) is 2.42. The highest BCUT2D eigenvalue weighted by atomic mass is 19.1. The van der Waals surface area contributed by atoms with Crippen LogP contribution >= 0.6 is 0 Å². The summed E-state index contributed by atoms with van der Waals surface area (Å²) in [5, 5.41) is 14.7. The standard InChI is InChI=1S/C14H22FN3O/c1-3-4-5-10(2)17-9-12-7-6-11(8-13(12)15)14(16)18-19/h6-8,10,17,19H,3-5,9H2,1-2H3,(H2,16,18). The van der Waals surface area contributed by atoms with Crippen LogP contribution in [0.25, 0.3) is 0 Å². The van der Waals surface area contributed by atoms with Gasteiger partial charge >= 0.3 is 0 Å². The summed E-state index contributed by atoms with van der Waals surface area (Å²) < 4.78 is 13.8. The maximum absolute atomic E-state index is 13.8. The van der Waals surface area contributed by atoms with E-state index in [1.54, 1.807) is 12.1 Å². The van der Waals surface area contributed by atoms with E-state index in [0.717, 1.165) is 12.8 Å². The molecule has 1 unspecified atom stereocenters. The van der Waals surface area contributed by atoms with Gasteiger partial charge in [-0.3, -0.25) is 0 Å². The molecule has 0 heterocycles. The Morgan fingerprint density at radius 2 is 2.26 bits per heavy atom. The van der Waals surface area contributed by atoms with Crippen LogP contribution in [0.4, 0.5) is 4.39 Å². The van der Waals surface area contributed by atoms with Crippen LogP contribution in [0.5, 0.6) is 0 Å². The van der Waals surface area contributed by atoms with Crippen molar-refractivity contribution in [2.75, 3.05) is 0 Å². The molecular formula is C14H22FN3O. The lowest BCUT2D eigenvalue weighted by Crippen LogP contribution is -2.25. The summed E-state index contributed by atoms with van der Waals surface area (Å²) >= 11 is 0. The van der Waals surface area contributed by atoms with E-state index in [2.05, 4.69) is 24.3 Å². The molecule has 0 saturated heterocycles. The number of nitrogens with zero attached hydrogens (tertiary/aromatic N) is 1. The first-order valence-corrected chi connectivity index (χ1v) is 6.58. The van der Waals surface area contributed by atoms with Crippen LogP contribution in [-0.4, -0.2) is 17.1 Å². The second-order valence-corrected chi connectivity index (χ2v) is 4.72. The average molecular weight is 267 g/mol. The molecule has 4 N–H and O–H groups in total. The second-order valence-electron chi connectivity index (χ2n) is 4.72. The number of hydrogen-bond donors (Lipinski definition) is 3. The van der Waals surface area contributed by atoms with Crippen molar-refractivity contribution in [2.45, 2.75) is 45.7 Å². The summed E-state index contributed by atoms with van der Waals surface area (Å²) in [4.78, 5) is 0. The molecule has 0 aliphatic heterocycles. The molecule has 0 spiro atoms. The van der Waals surface area contributed by atoms with E-state index in [0.29, 0.717) is 23.7 Å². The Morgan fingerprint density at radius 1 is 1.53 bits per heavy atom. The minimum absolute atomic E-state index is 0.0882. The quantitative estimate of drug-likeness (QED) is 0.308. The van der Waals surface area contributed by atoms with Crippen molar-refractivity contribution in [3.63, 3.8) is 0 Å². The Labute approximate surface area is 113 Å². The molecule has 0 aromatic heterocycles. The second kappa shape index (κ2) is 7.74. The predicted octanol–water partition coefficient (Wildman–Crippen LogP) is 2.59. The molecule has 5 heteroatoms. The third-order valence-electron chi connectivity index (χ3n) is 3.09. The van der Waals surface area contributed by atoms with Gasteiger partial charge in [0.15, 0.2) is 5.84 Å². The van der Waals surface area contributed by atoms with Crippen molar-refractivity contribution in [3.8, 4) is 0 Å². The minimum Gasteiger partial charge on any atom is -0.409 e. The zero-order valence-corrected chi connectivity index (χ0v) is 11.5. The van der Waals surface area contributed by atoms with E-state index < -0.39 is 0 Å². The van der Waals surface area contributed by atoms with Crippen molar-refractivity contribution in [2.24, 2.45) is 10.9 Å². The topological polar surface area (TPSA) is 70.6 Å². The van der Waals surface area contributed by atoms with E-state index in [1.165, 1.54) is 12.5 Å². The van der Waals surface area contributed by atoms with Crippen molar-refractivity contribution < 1.29 is 9.60 Å². The summed E-state index contributed by atoms with van der Waals surface area (Å²) in [6, 6.07) is 4.94. The first kappa shape index (κ1) is 15.4. The van der Waals surface area contributed by atoms with Crippen LogP contribution < -0.4 is 11.1 Å². The highest BCUT2D eigenvalue weighted by Gasteiger charge is 2.08. The molecule has 1 rings (SSSR count). The Balaban J connectivity index is 2.60. The molecule has 0 fully saturated rings. The number of nitrogens with one attached hydrogen (secondary N) is 1. The zero-order valence-electron chi connectivity index (χ0n) is 11.5. The van der Waals surface area contributed by atoms with Gasteiger partial charge in [0, 0.05) is 23.7 Å². The summed E-state index contributed by atoms with van der Waals surface area (Å²) in [7, 11) is 0. The van der Waals surface area contributed by atoms with Gasteiger partial charge in [-0.25, -0.2) is 4.39 Å². The van der Waals surface area contributed by atoms with Gasteiger partial charge in [0.25, 0.3) is 0 Å². The van der Waals surface area contributed by atoms with Crippen molar-refractivity contribution in [1.29, 1.82) is 0 Å². The highest BCUT2D eigenvalue weighted by Crippen LogP contribution is 2.11. The molecule has 0 amide bonds. The molecule has 1 aromatic carbocycles. The number of amidine groups is 1. The monoisotopic (exact) mass is 267 g/mol. The third kappa shape index (κ3) is 4.87. The molecular weight excluding hydrogens is 245 g/mol. The molecule has 1 aromatic rings. The summed E-state index contributed by atoms with van der Waals surface area (Å²) in [5.41, 5.74) is 6.37. The number of oxime groups is 1. The number of nitrogens with two attached hydrogens (primary N) is 1. The van der Waals surface area contributed by atoms with Gasteiger partial charge in [0.1, 0.15) is 5.82 Å². The molecule has 4 nitrogen and oxygen atoms in total. The van der Waals surface area contributed by atoms with Crippen LogP contribution in [0.3, 0.4) is 0 Å². The van der Waals surface area contributed by atoms with E-state index >= 15 is 0 Å². The molecule has 0 radical (unpaired) electrons. The number of hydrogen-bond acceptors (Lipinski definition) is 3. The van der Waals surface area contributed by atoms with E-state index in [4.69, 9.17) is 10.9 Å². The molecule has 0 saturated carbocycles.